The fraction of sp³-hybridized carbons (Fsp3) is 0.650. The maximum atomic E-state index is 11.9. The highest BCUT2D eigenvalue weighted by molar-refractivity contribution is 7.88. The number of anilines is 1. The number of rotatable bonds is 7. The number of aryl methyl sites for hydroxylation is 1. The Morgan fingerprint density at radius 3 is 2.61 bits per heavy atom. The fourth-order valence-corrected chi connectivity index (χ4v) is 5.13. The highest BCUT2D eigenvalue weighted by Gasteiger charge is 2.34. The minimum atomic E-state index is -3.37. The molecule has 10 nitrogen and oxygen atoms in total. The zero-order chi connectivity index (χ0) is 22.0. The molecule has 4 heterocycles. The average molecular weight is 451 g/mol. The van der Waals surface area contributed by atoms with Crippen molar-refractivity contribution in [3.05, 3.63) is 35.9 Å². The Bertz CT molecular complexity index is 973. The standard InChI is InChI=1S/C20H30N6O4S/c1-14(27)18-12-15-4-5-17(24-31(2,28)29)19(26(15)23-18)13-30-16-6-10-25(11-7-16)20-21-8-3-9-22-20/h3,8-9,12,14,16-17,19,24,27H,4-7,10-11,13H2,1-2H3/t14?,17-,19-/m0/s1. The van der Waals surface area contributed by atoms with Gasteiger partial charge in [0.25, 0.3) is 0 Å². The summed E-state index contributed by atoms with van der Waals surface area (Å²) in [5, 5.41) is 14.5. The normalized spacial score (nSPS) is 23.5. The van der Waals surface area contributed by atoms with Crippen molar-refractivity contribution < 1.29 is 18.3 Å². The predicted octanol–water partition coefficient (Wildman–Crippen LogP) is 0.817. The Kier molecular flexibility index (Phi) is 6.56. The molecule has 0 bridgehead atoms. The van der Waals surface area contributed by atoms with Crippen molar-refractivity contribution in [1.29, 1.82) is 0 Å². The maximum absolute atomic E-state index is 11.9. The van der Waals surface area contributed by atoms with Crippen molar-refractivity contribution in [3.8, 4) is 0 Å². The van der Waals surface area contributed by atoms with Gasteiger partial charge in [-0.15, -0.1) is 0 Å². The Balaban J connectivity index is 1.42. The van der Waals surface area contributed by atoms with Crippen LogP contribution in [0.3, 0.4) is 0 Å². The maximum Gasteiger partial charge on any atom is 0.225 e. The smallest absolute Gasteiger partial charge is 0.225 e. The van der Waals surface area contributed by atoms with E-state index in [0.717, 1.165) is 37.6 Å². The first-order valence-electron chi connectivity index (χ1n) is 10.7. The highest BCUT2D eigenvalue weighted by atomic mass is 32.2. The number of aliphatic hydroxyl groups is 1. The highest BCUT2D eigenvalue weighted by Crippen LogP contribution is 2.29. The summed E-state index contributed by atoms with van der Waals surface area (Å²) >= 11 is 0. The number of aromatic nitrogens is 4. The minimum Gasteiger partial charge on any atom is -0.387 e. The number of hydrogen-bond donors (Lipinski definition) is 2. The summed E-state index contributed by atoms with van der Waals surface area (Å²) in [7, 11) is -3.37. The van der Waals surface area contributed by atoms with E-state index in [1.54, 1.807) is 25.4 Å². The van der Waals surface area contributed by atoms with Crippen LogP contribution in [0, 0.1) is 0 Å². The van der Waals surface area contributed by atoms with Gasteiger partial charge in [-0.05, 0) is 44.7 Å². The van der Waals surface area contributed by atoms with E-state index in [-0.39, 0.29) is 18.2 Å². The van der Waals surface area contributed by atoms with Crippen LogP contribution in [0.25, 0.3) is 0 Å². The van der Waals surface area contributed by atoms with E-state index in [9.17, 15) is 13.5 Å². The van der Waals surface area contributed by atoms with E-state index in [4.69, 9.17) is 4.74 Å². The number of nitrogens with one attached hydrogen (secondary N) is 1. The number of aliphatic hydroxyl groups excluding tert-OH is 1. The molecular weight excluding hydrogens is 420 g/mol. The minimum absolute atomic E-state index is 0.0796. The molecule has 0 aromatic carbocycles. The van der Waals surface area contributed by atoms with E-state index in [1.807, 2.05) is 10.7 Å². The lowest BCUT2D eigenvalue weighted by Gasteiger charge is -2.36. The van der Waals surface area contributed by atoms with E-state index in [1.165, 1.54) is 6.26 Å². The summed E-state index contributed by atoms with van der Waals surface area (Å²) in [4.78, 5) is 10.8. The largest absolute Gasteiger partial charge is 0.387 e. The second-order valence-electron chi connectivity index (χ2n) is 8.35. The lowest BCUT2D eigenvalue weighted by Crippen LogP contribution is -2.47. The quantitative estimate of drug-likeness (QED) is 0.636. The Labute approximate surface area is 182 Å². The van der Waals surface area contributed by atoms with E-state index in [2.05, 4.69) is 24.7 Å². The SMILES string of the molecule is CC(O)c1cc2n(n1)[C@@H](COC1CCN(c3ncccn3)CC1)[C@@H](NS(C)(=O)=O)CC2. The van der Waals surface area contributed by atoms with Crippen LogP contribution in [0.5, 0.6) is 0 Å². The summed E-state index contributed by atoms with van der Waals surface area (Å²) in [6.07, 6.45) is 7.11. The van der Waals surface area contributed by atoms with Gasteiger partial charge in [-0.25, -0.2) is 23.1 Å². The van der Waals surface area contributed by atoms with Crippen LogP contribution in [-0.4, -0.2) is 71.4 Å². The number of sulfonamides is 1. The van der Waals surface area contributed by atoms with E-state index in [0.29, 0.717) is 25.1 Å². The summed E-state index contributed by atoms with van der Waals surface area (Å²) in [5.74, 6) is 0.734. The van der Waals surface area contributed by atoms with E-state index >= 15 is 0 Å². The first-order valence-corrected chi connectivity index (χ1v) is 12.6. The second-order valence-corrected chi connectivity index (χ2v) is 10.1. The van der Waals surface area contributed by atoms with Crippen molar-refractivity contribution in [3.63, 3.8) is 0 Å². The summed E-state index contributed by atoms with van der Waals surface area (Å²) in [6, 6.07) is 3.13. The van der Waals surface area contributed by atoms with Gasteiger partial charge in [0.15, 0.2) is 0 Å². The average Bonchev–Trinajstić information content (AvgIpc) is 3.18. The number of piperidine rings is 1. The molecule has 11 heteroatoms. The van der Waals surface area contributed by atoms with Gasteiger partial charge in [0, 0.05) is 37.2 Å². The third-order valence-corrected chi connectivity index (χ3v) is 6.63. The van der Waals surface area contributed by atoms with Gasteiger partial charge in [-0.2, -0.15) is 5.10 Å². The zero-order valence-corrected chi connectivity index (χ0v) is 18.7. The van der Waals surface area contributed by atoms with E-state index < -0.39 is 16.1 Å². The number of hydrogen-bond acceptors (Lipinski definition) is 8. The molecule has 1 saturated heterocycles. The Morgan fingerprint density at radius 1 is 1.26 bits per heavy atom. The number of ether oxygens (including phenoxy) is 1. The van der Waals surface area contributed by atoms with Crippen LogP contribution in [-0.2, 0) is 21.2 Å². The molecule has 0 amide bonds. The molecule has 0 aliphatic carbocycles. The monoisotopic (exact) mass is 450 g/mol. The molecular formula is C20H30N6O4S. The van der Waals surface area contributed by atoms with Crippen molar-refractivity contribution in [2.75, 3.05) is 30.9 Å². The third-order valence-electron chi connectivity index (χ3n) is 5.90. The molecule has 170 valence electrons. The number of nitrogens with zero attached hydrogens (tertiary/aromatic N) is 5. The van der Waals surface area contributed by atoms with Crippen LogP contribution < -0.4 is 9.62 Å². The predicted molar refractivity (Wildman–Crippen MR) is 115 cm³/mol. The van der Waals surface area contributed by atoms with Crippen LogP contribution in [0.4, 0.5) is 5.95 Å². The second kappa shape index (κ2) is 9.19. The fourth-order valence-electron chi connectivity index (χ4n) is 4.31. The van der Waals surface area contributed by atoms with Crippen LogP contribution in [0.1, 0.15) is 49.7 Å². The van der Waals surface area contributed by atoms with Crippen molar-refractivity contribution in [1.82, 2.24) is 24.5 Å². The van der Waals surface area contributed by atoms with Gasteiger partial charge in [-0.1, -0.05) is 0 Å². The van der Waals surface area contributed by atoms with Gasteiger partial charge in [0.1, 0.15) is 0 Å². The zero-order valence-electron chi connectivity index (χ0n) is 17.9. The summed E-state index contributed by atoms with van der Waals surface area (Å²) < 4.78 is 34.7. The molecule has 0 saturated carbocycles. The van der Waals surface area contributed by atoms with Gasteiger partial charge in [-0.3, -0.25) is 4.68 Å². The molecule has 2 N–H and O–H groups in total. The molecule has 4 rings (SSSR count). The topological polar surface area (TPSA) is 122 Å². The van der Waals surface area contributed by atoms with Crippen molar-refractivity contribution in [2.24, 2.45) is 0 Å². The Morgan fingerprint density at radius 2 is 1.97 bits per heavy atom. The van der Waals surface area contributed by atoms with Gasteiger partial charge in [0.05, 0.1) is 36.8 Å². The summed E-state index contributed by atoms with van der Waals surface area (Å²) in [5.41, 5.74) is 1.59. The molecule has 3 atom stereocenters. The molecule has 31 heavy (non-hydrogen) atoms. The molecule has 0 radical (unpaired) electrons. The van der Waals surface area contributed by atoms with Crippen LogP contribution in [0.15, 0.2) is 24.5 Å². The van der Waals surface area contributed by atoms with Crippen molar-refractivity contribution >= 4 is 16.0 Å². The molecule has 2 aromatic heterocycles. The van der Waals surface area contributed by atoms with Gasteiger partial charge < -0.3 is 14.7 Å². The molecule has 2 aromatic rings. The third kappa shape index (κ3) is 5.40. The lowest BCUT2D eigenvalue weighted by atomic mass is 9.98. The molecule has 2 aliphatic rings. The van der Waals surface area contributed by atoms with Gasteiger partial charge >= 0.3 is 0 Å². The first kappa shape index (κ1) is 22.1. The van der Waals surface area contributed by atoms with Crippen LogP contribution in [0.2, 0.25) is 0 Å². The molecule has 1 unspecified atom stereocenters. The van der Waals surface area contributed by atoms with Gasteiger partial charge in [0.2, 0.25) is 16.0 Å². The molecule has 1 fully saturated rings. The van der Waals surface area contributed by atoms with Crippen LogP contribution >= 0.6 is 0 Å². The Hall–Kier alpha value is -2.08. The lowest BCUT2D eigenvalue weighted by molar-refractivity contribution is 0.00582. The summed E-state index contributed by atoms with van der Waals surface area (Å²) in [6.45, 7) is 3.65. The number of fused-ring (bicyclic) bond motifs is 1. The molecule has 2 aliphatic heterocycles. The first-order chi connectivity index (χ1) is 14.8. The molecule has 0 spiro atoms. The van der Waals surface area contributed by atoms with Crippen molar-refractivity contribution in [2.45, 2.75) is 56.9 Å².